The first-order valence-corrected chi connectivity index (χ1v) is 20.2. The third kappa shape index (κ3) is 6.18. The lowest BCUT2D eigenvalue weighted by molar-refractivity contribution is 0.483. The number of fused-ring (bicyclic) bond motifs is 3. The molecule has 0 saturated carbocycles. The van der Waals surface area contributed by atoms with Gasteiger partial charge in [0.15, 0.2) is 0 Å². The molecule has 2 aromatic heterocycles. The van der Waals surface area contributed by atoms with Gasteiger partial charge in [-0.15, -0.1) is 0 Å². The zero-order valence-electron chi connectivity index (χ0n) is 33.9. The van der Waals surface area contributed by atoms with Gasteiger partial charge in [-0.2, -0.15) is 0 Å². The topological polar surface area (TPSA) is 42.6 Å². The van der Waals surface area contributed by atoms with E-state index >= 15 is 0 Å². The van der Waals surface area contributed by atoms with E-state index in [-0.39, 0.29) is 5.41 Å². The van der Waals surface area contributed by atoms with Crippen molar-refractivity contribution in [1.82, 2.24) is 9.55 Å². The van der Waals surface area contributed by atoms with Gasteiger partial charge in [0.2, 0.25) is 0 Å². The number of pyridine rings is 1. The van der Waals surface area contributed by atoms with Gasteiger partial charge >= 0.3 is 0 Å². The van der Waals surface area contributed by atoms with E-state index in [1.165, 1.54) is 11.9 Å². The summed E-state index contributed by atoms with van der Waals surface area (Å²) in [6.45, 7) is 6.15. The number of hydrogen-bond acceptors (Lipinski definition) is 3. The number of ether oxygens (including phenoxy) is 1. The average Bonchev–Trinajstić information content (AvgIpc) is 3.53. The molecule has 0 spiro atoms. The Labute approximate surface area is 323 Å². The molecule has 54 heavy (non-hydrogen) atoms. The van der Waals surface area contributed by atoms with Gasteiger partial charge in [0.05, 0.1) is 17.4 Å². The molecule has 0 aliphatic heterocycles. The van der Waals surface area contributed by atoms with Crippen LogP contribution in [0, 0.1) is 6.92 Å². The summed E-state index contributed by atoms with van der Waals surface area (Å²) in [6.07, 6.45) is 3.42. The summed E-state index contributed by atoms with van der Waals surface area (Å²) in [5, 5.41) is 5.36. The monoisotopic (exact) mass is 723 g/mol. The standard InChI is InChI=1S/C48H44N4OSi/c1-35-17-12-14-25-44(35)51(34-49-5)54(39-19-8-6-9-20-39,40-21-10-7-11-22-40)41-23-16-18-37(32-41)53-38-27-28-43-42-24-13-15-26-45(42)52(46(43)33-38)47-31-36(29-30-50-47)48(2,3)4/h6-34H,1-5H3/i5D3. The first-order valence-electron chi connectivity index (χ1n) is 19.7. The molecule has 2 heterocycles. The maximum Gasteiger partial charge on any atom is 0.258 e. The third-order valence-corrected chi connectivity index (χ3v) is 14.8. The number of nitrogens with zero attached hydrogens (tertiary/aromatic N) is 4. The van der Waals surface area contributed by atoms with Gasteiger partial charge in [-0.05, 0) is 87.6 Å². The molecule has 8 rings (SSSR count). The van der Waals surface area contributed by atoms with E-state index in [9.17, 15) is 0 Å². The SMILES string of the molecule is [2H]C([2H])([2H])N=CN(c1ccccc1C)[Si](c1ccccc1)(c1ccccc1)c1cccc(Oc2ccc3c4ccccc4n(-c4cc(C(C)(C)C)ccn4)c3c2)c1. The molecule has 0 radical (unpaired) electrons. The van der Waals surface area contributed by atoms with Gasteiger partial charge in [-0.3, -0.25) is 9.56 Å². The molecule has 0 bridgehead atoms. The molecular formula is C48H44N4OSi. The van der Waals surface area contributed by atoms with Gasteiger partial charge in [-0.1, -0.05) is 130 Å². The molecule has 0 amide bonds. The third-order valence-electron chi connectivity index (χ3n) is 10.3. The van der Waals surface area contributed by atoms with E-state index in [0.29, 0.717) is 11.5 Å². The zero-order chi connectivity index (χ0) is 39.8. The second-order valence-corrected chi connectivity index (χ2v) is 18.3. The van der Waals surface area contributed by atoms with Crippen LogP contribution in [0.15, 0.2) is 175 Å². The number of rotatable bonds is 9. The Hall–Kier alpha value is -6.24. The van der Waals surface area contributed by atoms with Gasteiger partial charge in [0.25, 0.3) is 8.24 Å². The number of benzene rings is 6. The predicted octanol–water partition coefficient (Wildman–Crippen LogP) is 9.71. The maximum absolute atomic E-state index is 8.12. The first-order chi connectivity index (χ1) is 27.4. The van der Waals surface area contributed by atoms with Crippen molar-refractivity contribution in [3.05, 3.63) is 181 Å². The number of anilines is 1. The van der Waals surface area contributed by atoms with E-state index in [0.717, 1.165) is 54.4 Å². The molecule has 0 N–H and O–H groups in total. The molecule has 0 unspecified atom stereocenters. The van der Waals surface area contributed by atoms with Crippen LogP contribution in [0.25, 0.3) is 27.6 Å². The molecule has 0 saturated heterocycles. The van der Waals surface area contributed by atoms with Crippen molar-refractivity contribution >= 4 is 57.6 Å². The Kier molecular flexibility index (Phi) is 8.28. The van der Waals surface area contributed by atoms with E-state index in [1.807, 2.05) is 92.0 Å². The number of para-hydroxylation sites is 2. The van der Waals surface area contributed by atoms with Crippen molar-refractivity contribution in [1.29, 1.82) is 0 Å². The van der Waals surface area contributed by atoms with Crippen molar-refractivity contribution < 1.29 is 8.85 Å². The summed E-state index contributed by atoms with van der Waals surface area (Å²) < 4.78 is 35.5. The number of hydrogen-bond donors (Lipinski definition) is 0. The Balaban J connectivity index is 1.32. The average molecular weight is 724 g/mol. The van der Waals surface area contributed by atoms with Crippen LogP contribution >= 0.6 is 0 Å². The van der Waals surface area contributed by atoms with Gasteiger partial charge in [0.1, 0.15) is 17.3 Å². The van der Waals surface area contributed by atoms with Gasteiger partial charge < -0.3 is 9.30 Å². The van der Waals surface area contributed by atoms with Crippen LogP contribution in [0.1, 0.15) is 36.0 Å². The second kappa shape index (κ2) is 14.3. The Morgan fingerprint density at radius 2 is 1.31 bits per heavy atom. The van der Waals surface area contributed by atoms with Crippen LogP contribution in [0.3, 0.4) is 0 Å². The highest BCUT2D eigenvalue weighted by molar-refractivity contribution is 7.15. The van der Waals surface area contributed by atoms with Crippen LogP contribution in [-0.2, 0) is 5.41 Å². The minimum absolute atomic E-state index is 0.0405. The van der Waals surface area contributed by atoms with Crippen molar-refractivity contribution in [3.8, 4) is 17.3 Å². The van der Waals surface area contributed by atoms with Crippen molar-refractivity contribution in [2.45, 2.75) is 33.1 Å². The first kappa shape index (κ1) is 31.3. The zero-order valence-corrected chi connectivity index (χ0v) is 31.9. The van der Waals surface area contributed by atoms with E-state index in [2.05, 4.69) is 120 Å². The van der Waals surface area contributed by atoms with Crippen LogP contribution < -0.4 is 24.9 Å². The lowest BCUT2D eigenvalue weighted by atomic mass is 9.88. The van der Waals surface area contributed by atoms with Crippen molar-refractivity contribution in [2.24, 2.45) is 4.99 Å². The lowest BCUT2D eigenvalue weighted by Gasteiger charge is -2.43. The molecule has 0 aliphatic rings. The molecule has 6 aromatic carbocycles. The Bertz CT molecular complexity index is 2680. The number of aliphatic imine (C=N–C) groups is 1. The van der Waals surface area contributed by atoms with Crippen LogP contribution in [0.2, 0.25) is 0 Å². The molecular weight excluding hydrogens is 677 g/mol. The molecule has 5 nitrogen and oxygen atoms in total. The molecule has 0 fully saturated rings. The van der Waals surface area contributed by atoms with Gasteiger partial charge in [-0.25, -0.2) is 4.98 Å². The Morgan fingerprint density at radius 1 is 0.667 bits per heavy atom. The van der Waals surface area contributed by atoms with E-state index in [4.69, 9.17) is 13.8 Å². The van der Waals surface area contributed by atoms with E-state index < -0.39 is 15.2 Å². The summed E-state index contributed by atoms with van der Waals surface area (Å²) >= 11 is 0. The fraction of sp³-hybridized carbons (Fsp3) is 0.125. The minimum Gasteiger partial charge on any atom is -0.457 e. The van der Waals surface area contributed by atoms with Crippen LogP contribution in [0.5, 0.6) is 11.5 Å². The molecule has 6 heteroatoms. The highest BCUT2D eigenvalue weighted by atomic mass is 28.3. The highest BCUT2D eigenvalue weighted by Crippen LogP contribution is 2.36. The number of aromatic nitrogens is 2. The molecule has 0 atom stereocenters. The largest absolute Gasteiger partial charge is 0.457 e. The fourth-order valence-electron chi connectivity index (χ4n) is 7.69. The van der Waals surface area contributed by atoms with Crippen LogP contribution in [0.4, 0.5) is 5.69 Å². The summed E-state index contributed by atoms with van der Waals surface area (Å²) in [6, 6.07) is 55.9. The minimum atomic E-state index is -3.37. The predicted molar refractivity (Wildman–Crippen MR) is 229 cm³/mol. The van der Waals surface area contributed by atoms with Gasteiger partial charge in [0, 0.05) is 39.8 Å². The summed E-state index contributed by atoms with van der Waals surface area (Å²) in [5.41, 5.74) is 5.10. The molecule has 8 aromatic rings. The highest BCUT2D eigenvalue weighted by Gasteiger charge is 2.46. The van der Waals surface area contributed by atoms with E-state index in [1.54, 1.807) is 0 Å². The normalized spacial score (nSPS) is 13.1. The number of aryl methyl sites for hydroxylation is 1. The van der Waals surface area contributed by atoms with Crippen molar-refractivity contribution in [3.63, 3.8) is 0 Å². The quantitative estimate of drug-likeness (QED) is 0.0645. The second-order valence-electron chi connectivity index (χ2n) is 14.7. The summed E-state index contributed by atoms with van der Waals surface area (Å²) in [7, 11) is -3.37. The Morgan fingerprint density at radius 3 is 2.04 bits per heavy atom. The maximum atomic E-state index is 8.12. The van der Waals surface area contributed by atoms with Crippen molar-refractivity contribution in [2.75, 3.05) is 11.5 Å². The summed E-state index contributed by atoms with van der Waals surface area (Å²) in [4.78, 5) is 9.06. The lowest BCUT2D eigenvalue weighted by Crippen LogP contribution is -2.77. The van der Waals surface area contributed by atoms with Crippen LogP contribution in [-0.4, -0.2) is 31.1 Å². The fourth-order valence-corrected chi connectivity index (χ4v) is 12.4. The summed E-state index contributed by atoms with van der Waals surface area (Å²) in [5.74, 6) is 2.19. The smallest absolute Gasteiger partial charge is 0.258 e. The molecule has 0 aliphatic carbocycles. The molecule has 266 valence electrons.